The fourth-order valence-corrected chi connectivity index (χ4v) is 5.43. The van der Waals surface area contributed by atoms with Gasteiger partial charge in [-0.1, -0.05) is 41.5 Å². The minimum Gasteiger partial charge on any atom is -0.444 e. The zero-order chi connectivity index (χ0) is 31.1. The SMILES string of the molecule is CCC(CCC(CC)NC(=O)C(COCC(C)C)NC(=O)N(C)Cc1cnc(C(C)C)s1)NC(=O)OCc1cncs1. The summed E-state index contributed by atoms with van der Waals surface area (Å²) in [7, 11) is 1.70. The molecular weight excluding hydrogens is 576 g/mol. The lowest BCUT2D eigenvalue weighted by molar-refractivity contribution is -0.125. The van der Waals surface area contributed by atoms with Crippen molar-refractivity contribution in [3.63, 3.8) is 0 Å². The molecule has 236 valence electrons. The lowest BCUT2D eigenvalue weighted by Crippen LogP contribution is -2.54. The van der Waals surface area contributed by atoms with Crippen molar-refractivity contribution < 1.29 is 23.9 Å². The Kier molecular flexibility index (Phi) is 15.8. The van der Waals surface area contributed by atoms with Gasteiger partial charge in [-0.05, 0) is 31.6 Å². The Hall–Kier alpha value is -2.77. The lowest BCUT2D eigenvalue weighted by Gasteiger charge is -2.26. The summed E-state index contributed by atoms with van der Waals surface area (Å²) in [6, 6.07) is -1.42. The minimum absolute atomic E-state index is 0.0722. The van der Waals surface area contributed by atoms with Crippen LogP contribution in [0.25, 0.3) is 0 Å². The Morgan fingerprint density at radius 2 is 1.64 bits per heavy atom. The second kappa shape index (κ2) is 18.7. The molecule has 42 heavy (non-hydrogen) atoms. The van der Waals surface area contributed by atoms with E-state index in [4.69, 9.17) is 9.47 Å². The quantitative estimate of drug-likeness (QED) is 0.205. The summed E-state index contributed by atoms with van der Waals surface area (Å²) in [5, 5.41) is 9.87. The topological polar surface area (TPSA) is 135 Å². The number of urea groups is 1. The van der Waals surface area contributed by atoms with E-state index in [1.165, 1.54) is 11.3 Å². The molecule has 0 saturated carbocycles. The number of alkyl carbamates (subject to hydrolysis) is 1. The van der Waals surface area contributed by atoms with Crippen LogP contribution in [-0.2, 0) is 27.4 Å². The van der Waals surface area contributed by atoms with Gasteiger partial charge in [-0.3, -0.25) is 9.78 Å². The van der Waals surface area contributed by atoms with E-state index in [2.05, 4.69) is 39.8 Å². The van der Waals surface area contributed by atoms with E-state index < -0.39 is 12.1 Å². The highest BCUT2D eigenvalue weighted by atomic mass is 32.1. The molecule has 0 aliphatic rings. The number of carbonyl (C=O) groups excluding carboxylic acids is 3. The Morgan fingerprint density at radius 1 is 0.952 bits per heavy atom. The van der Waals surface area contributed by atoms with Crippen LogP contribution in [0.15, 0.2) is 17.9 Å². The number of nitrogens with zero attached hydrogens (tertiary/aromatic N) is 3. The lowest BCUT2D eigenvalue weighted by atomic mass is 10.0. The Morgan fingerprint density at radius 3 is 2.21 bits per heavy atom. The molecule has 0 radical (unpaired) electrons. The molecule has 3 N–H and O–H groups in total. The molecule has 0 fully saturated rings. The van der Waals surface area contributed by atoms with Crippen molar-refractivity contribution in [3.05, 3.63) is 32.7 Å². The Bertz CT molecular complexity index is 1080. The molecule has 2 aromatic heterocycles. The van der Waals surface area contributed by atoms with Crippen molar-refractivity contribution >= 4 is 40.7 Å². The zero-order valence-corrected chi connectivity index (χ0v) is 27.6. The van der Waals surface area contributed by atoms with Crippen LogP contribution < -0.4 is 16.0 Å². The highest BCUT2D eigenvalue weighted by Crippen LogP contribution is 2.22. The molecule has 4 amide bonds. The van der Waals surface area contributed by atoms with E-state index >= 15 is 0 Å². The molecule has 3 unspecified atom stereocenters. The van der Waals surface area contributed by atoms with Gasteiger partial charge >= 0.3 is 12.1 Å². The normalized spacial score (nSPS) is 13.5. The fraction of sp³-hybridized carbons (Fsp3) is 0.690. The van der Waals surface area contributed by atoms with Crippen molar-refractivity contribution in [1.29, 1.82) is 0 Å². The van der Waals surface area contributed by atoms with Crippen LogP contribution in [0.5, 0.6) is 0 Å². The van der Waals surface area contributed by atoms with E-state index in [9.17, 15) is 14.4 Å². The molecule has 0 aliphatic heterocycles. The molecule has 13 heteroatoms. The summed E-state index contributed by atoms with van der Waals surface area (Å²) >= 11 is 3.01. The van der Waals surface area contributed by atoms with E-state index in [1.807, 2.05) is 27.7 Å². The third-order valence-corrected chi connectivity index (χ3v) is 8.54. The van der Waals surface area contributed by atoms with Crippen LogP contribution in [0.1, 0.15) is 87.9 Å². The Labute approximate surface area is 258 Å². The second-order valence-corrected chi connectivity index (χ2v) is 13.2. The summed E-state index contributed by atoms with van der Waals surface area (Å²) in [5.74, 6) is 0.327. The van der Waals surface area contributed by atoms with Crippen molar-refractivity contribution in [2.75, 3.05) is 20.3 Å². The number of hydrogen-bond acceptors (Lipinski definition) is 9. The molecule has 0 spiro atoms. The summed E-state index contributed by atoms with van der Waals surface area (Å²) in [4.78, 5) is 50.5. The molecule has 3 atom stereocenters. The van der Waals surface area contributed by atoms with Crippen LogP contribution >= 0.6 is 22.7 Å². The van der Waals surface area contributed by atoms with E-state index in [0.717, 1.165) is 21.2 Å². The predicted molar refractivity (Wildman–Crippen MR) is 167 cm³/mol. The average Bonchev–Trinajstić information content (AvgIpc) is 3.65. The summed E-state index contributed by atoms with van der Waals surface area (Å²) in [5.41, 5.74) is 1.69. The molecule has 0 aromatic carbocycles. The number of carbonyl (C=O) groups is 3. The van der Waals surface area contributed by atoms with E-state index in [-0.39, 0.29) is 37.2 Å². The monoisotopic (exact) mass is 624 g/mol. The van der Waals surface area contributed by atoms with Gasteiger partial charge in [0.2, 0.25) is 5.91 Å². The number of thiazole rings is 2. The maximum atomic E-state index is 13.3. The van der Waals surface area contributed by atoms with Crippen LogP contribution in [0.3, 0.4) is 0 Å². The van der Waals surface area contributed by atoms with Gasteiger partial charge < -0.3 is 30.3 Å². The summed E-state index contributed by atoms with van der Waals surface area (Å²) < 4.78 is 11.1. The molecule has 0 saturated heterocycles. The first-order chi connectivity index (χ1) is 20.0. The molecule has 0 bridgehead atoms. The number of nitrogens with one attached hydrogen (secondary N) is 3. The molecule has 2 rings (SSSR count). The van der Waals surface area contributed by atoms with Gasteiger partial charge in [0.1, 0.15) is 12.6 Å². The fourth-order valence-electron chi connectivity index (χ4n) is 3.95. The second-order valence-electron chi connectivity index (χ2n) is 11.1. The largest absolute Gasteiger partial charge is 0.444 e. The third kappa shape index (κ3) is 13.0. The van der Waals surface area contributed by atoms with Gasteiger partial charge in [0, 0.05) is 48.9 Å². The minimum atomic E-state index is -0.845. The van der Waals surface area contributed by atoms with E-state index in [1.54, 1.807) is 41.2 Å². The number of ether oxygens (including phenoxy) is 2. The van der Waals surface area contributed by atoms with Gasteiger partial charge in [-0.15, -0.1) is 22.7 Å². The maximum Gasteiger partial charge on any atom is 0.407 e. The van der Waals surface area contributed by atoms with Crippen LogP contribution in [0, 0.1) is 5.92 Å². The van der Waals surface area contributed by atoms with Gasteiger partial charge in [0.05, 0.1) is 28.5 Å². The van der Waals surface area contributed by atoms with Crippen molar-refractivity contribution in [3.8, 4) is 0 Å². The van der Waals surface area contributed by atoms with Gasteiger partial charge in [0.25, 0.3) is 0 Å². The highest BCUT2D eigenvalue weighted by molar-refractivity contribution is 7.11. The van der Waals surface area contributed by atoms with Gasteiger partial charge in [-0.25, -0.2) is 14.6 Å². The number of rotatable bonds is 18. The first kappa shape index (κ1) is 35.4. The molecule has 2 heterocycles. The van der Waals surface area contributed by atoms with Crippen molar-refractivity contribution in [1.82, 2.24) is 30.8 Å². The number of aromatic nitrogens is 2. The first-order valence-corrected chi connectivity index (χ1v) is 16.4. The van der Waals surface area contributed by atoms with Crippen molar-refractivity contribution in [2.24, 2.45) is 5.92 Å². The standard InChI is InChI=1S/C29H48N6O5S2/c1-8-21(10-11-22(9-2)33-29(38)40-16-24-12-30-18-41-24)32-26(36)25(17-39-15-19(3)4)34-28(37)35(7)14-23-13-31-27(42-23)20(5)6/h12-13,18-22,25H,8-11,14-17H2,1-7H3,(H,32,36)(H,33,38)(H,34,37). The van der Waals surface area contributed by atoms with Gasteiger partial charge in [-0.2, -0.15) is 0 Å². The Balaban J connectivity index is 1.92. The smallest absolute Gasteiger partial charge is 0.407 e. The molecular formula is C29H48N6O5S2. The van der Waals surface area contributed by atoms with Crippen molar-refractivity contribution in [2.45, 2.75) is 104 Å². The molecule has 0 aliphatic carbocycles. The van der Waals surface area contributed by atoms with Crippen LogP contribution in [0.4, 0.5) is 9.59 Å². The first-order valence-electron chi connectivity index (χ1n) is 14.7. The summed E-state index contributed by atoms with van der Waals surface area (Å²) in [6.07, 6.45) is 5.76. The van der Waals surface area contributed by atoms with Crippen LogP contribution in [-0.4, -0.2) is 71.3 Å². The third-order valence-electron chi connectivity index (χ3n) is 6.50. The predicted octanol–water partition coefficient (Wildman–Crippen LogP) is 5.29. The number of amides is 4. The van der Waals surface area contributed by atoms with Gasteiger partial charge in [0.15, 0.2) is 0 Å². The van der Waals surface area contributed by atoms with Crippen LogP contribution in [0.2, 0.25) is 0 Å². The zero-order valence-electron chi connectivity index (χ0n) is 26.0. The number of hydrogen-bond donors (Lipinski definition) is 3. The van der Waals surface area contributed by atoms with E-state index in [0.29, 0.717) is 44.2 Å². The average molecular weight is 625 g/mol. The molecule has 11 nitrogen and oxygen atoms in total. The summed E-state index contributed by atoms with van der Waals surface area (Å²) in [6.45, 7) is 13.4. The highest BCUT2D eigenvalue weighted by Gasteiger charge is 2.26. The molecule has 2 aromatic rings. The maximum absolute atomic E-state index is 13.3.